The van der Waals surface area contributed by atoms with Gasteiger partial charge in [-0.25, -0.2) is 4.79 Å². The zero-order chi connectivity index (χ0) is 14.3. The van der Waals surface area contributed by atoms with Crippen molar-refractivity contribution in [3.63, 3.8) is 0 Å². The van der Waals surface area contributed by atoms with Crippen molar-refractivity contribution in [2.45, 2.75) is 50.6 Å². The van der Waals surface area contributed by atoms with Gasteiger partial charge in [0, 0.05) is 6.04 Å². The van der Waals surface area contributed by atoms with Crippen LogP contribution in [0.15, 0.2) is 0 Å². The van der Waals surface area contributed by atoms with Crippen molar-refractivity contribution >= 4 is 17.8 Å². The molecule has 7 heteroatoms. The van der Waals surface area contributed by atoms with Gasteiger partial charge < -0.3 is 20.8 Å². The van der Waals surface area contributed by atoms with Gasteiger partial charge in [0.05, 0.1) is 13.0 Å². The van der Waals surface area contributed by atoms with Crippen molar-refractivity contribution in [3.8, 4) is 0 Å². The topological polar surface area (TPSA) is 116 Å². The number of carbonyl (C=O) groups is 3. The second-order valence-corrected chi connectivity index (χ2v) is 4.77. The van der Waals surface area contributed by atoms with Crippen LogP contribution in [0.5, 0.6) is 0 Å². The van der Waals surface area contributed by atoms with Crippen LogP contribution >= 0.6 is 0 Å². The summed E-state index contributed by atoms with van der Waals surface area (Å²) in [4.78, 5) is 32.8. The fourth-order valence-corrected chi connectivity index (χ4v) is 2.16. The molecule has 0 aromatic carbocycles. The highest BCUT2D eigenvalue weighted by atomic mass is 16.4. The average Bonchev–Trinajstić information content (AvgIpc) is 2.36. The molecule has 1 amide bonds. The Morgan fingerprint density at radius 2 is 1.74 bits per heavy atom. The third-order valence-corrected chi connectivity index (χ3v) is 3.17. The number of carbonyl (C=O) groups excluding carboxylic acids is 1. The van der Waals surface area contributed by atoms with E-state index >= 15 is 0 Å². The largest absolute Gasteiger partial charge is 0.481 e. The number of carboxylic acids is 2. The van der Waals surface area contributed by atoms with Crippen LogP contribution in [-0.4, -0.2) is 46.7 Å². The van der Waals surface area contributed by atoms with E-state index < -0.39 is 30.3 Å². The Labute approximate surface area is 111 Å². The predicted molar refractivity (Wildman–Crippen MR) is 66.7 cm³/mol. The van der Waals surface area contributed by atoms with Crippen LogP contribution in [0.1, 0.15) is 38.5 Å². The average molecular weight is 272 g/mol. The van der Waals surface area contributed by atoms with Crippen molar-refractivity contribution in [2.24, 2.45) is 0 Å². The summed E-state index contributed by atoms with van der Waals surface area (Å²) in [6.45, 7) is 0.0219. The molecule has 1 rings (SSSR count). The lowest BCUT2D eigenvalue weighted by atomic mass is 9.95. The van der Waals surface area contributed by atoms with Crippen LogP contribution < -0.4 is 10.6 Å². The second kappa shape index (κ2) is 7.73. The smallest absolute Gasteiger partial charge is 0.326 e. The third kappa shape index (κ3) is 6.19. The first-order valence-corrected chi connectivity index (χ1v) is 6.46. The van der Waals surface area contributed by atoms with Crippen molar-refractivity contribution in [1.82, 2.24) is 10.6 Å². The highest BCUT2D eigenvalue weighted by Crippen LogP contribution is 2.16. The van der Waals surface area contributed by atoms with E-state index in [2.05, 4.69) is 10.6 Å². The van der Waals surface area contributed by atoms with Crippen molar-refractivity contribution in [1.29, 1.82) is 0 Å². The molecule has 19 heavy (non-hydrogen) atoms. The van der Waals surface area contributed by atoms with E-state index in [1.54, 1.807) is 0 Å². The molecule has 0 aromatic heterocycles. The van der Waals surface area contributed by atoms with Gasteiger partial charge >= 0.3 is 11.9 Å². The number of nitrogens with one attached hydrogen (secondary N) is 2. The first-order chi connectivity index (χ1) is 8.99. The van der Waals surface area contributed by atoms with Crippen LogP contribution in [0.25, 0.3) is 0 Å². The zero-order valence-corrected chi connectivity index (χ0v) is 10.7. The van der Waals surface area contributed by atoms with Crippen LogP contribution in [0.3, 0.4) is 0 Å². The molecule has 1 atom stereocenters. The van der Waals surface area contributed by atoms with Gasteiger partial charge in [-0.2, -0.15) is 0 Å². The third-order valence-electron chi connectivity index (χ3n) is 3.17. The van der Waals surface area contributed by atoms with E-state index in [9.17, 15) is 14.4 Å². The number of aliphatic carboxylic acids is 2. The Bertz CT molecular complexity index is 339. The molecule has 0 saturated heterocycles. The van der Waals surface area contributed by atoms with E-state index in [-0.39, 0.29) is 6.54 Å². The number of carboxylic acid groups (broad SMARTS) is 2. The Balaban J connectivity index is 2.31. The SMILES string of the molecule is O=C(O)C[C@@H](NC(=O)CNC1CCCCC1)C(=O)O. The van der Waals surface area contributed by atoms with Crippen molar-refractivity contribution in [2.75, 3.05) is 6.54 Å². The van der Waals surface area contributed by atoms with E-state index in [0.29, 0.717) is 6.04 Å². The zero-order valence-electron chi connectivity index (χ0n) is 10.7. The lowest BCUT2D eigenvalue weighted by molar-refractivity contribution is -0.147. The van der Waals surface area contributed by atoms with Gasteiger partial charge in [-0.3, -0.25) is 9.59 Å². The minimum absolute atomic E-state index is 0.0219. The van der Waals surface area contributed by atoms with Gasteiger partial charge in [0.2, 0.25) is 5.91 Å². The molecule has 0 spiro atoms. The summed E-state index contributed by atoms with van der Waals surface area (Å²) in [5.74, 6) is -3.08. The molecule has 0 unspecified atom stereocenters. The lowest BCUT2D eigenvalue weighted by Gasteiger charge is -2.23. The van der Waals surface area contributed by atoms with Crippen molar-refractivity contribution < 1.29 is 24.6 Å². The number of rotatable bonds is 7. The molecule has 1 saturated carbocycles. The Hall–Kier alpha value is -1.63. The van der Waals surface area contributed by atoms with Crippen LogP contribution in [0.2, 0.25) is 0 Å². The van der Waals surface area contributed by atoms with E-state index in [1.807, 2.05) is 0 Å². The lowest BCUT2D eigenvalue weighted by Crippen LogP contribution is -2.47. The van der Waals surface area contributed by atoms with Gasteiger partial charge in [0.25, 0.3) is 0 Å². The minimum atomic E-state index is -1.38. The summed E-state index contributed by atoms with van der Waals surface area (Å²) in [6, 6.07) is -1.08. The summed E-state index contributed by atoms with van der Waals surface area (Å²) in [5, 5.41) is 22.6. The van der Waals surface area contributed by atoms with Gasteiger partial charge in [0.1, 0.15) is 6.04 Å². The summed E-state index contributed by atoms with van der Waals surface area (Å²) < 4.78 is 0. The van der Waals surface area contributed by atoms with Crippen LogP contribution in [-0.2, 0) is 14.4 Å². The van der Waals surface area contributed by atoms with Crippen LogP contribution in [0, 0.1) is 0 Å². The Morgan fingerprint density at radius 3 is 2.26 bits per heavy atom. The molecular weight excluding hydrogens is 252 g/mol. The maximum absolute atomic E-state index is 11.6. The van der Waals surface area contributed by atoms with Gasteiger partial charge in [-0.1, -0.05) is 19.3 Å². The molecule has 4 N–H and O–H groups in total. The van der Waals surface area contributed by atoms with Crippen LogP contribution in [0.4, 0.5) is 0 Å². The fraction of sp³-hybridized carbons (Fsp3) is 0.750. The molecule has 0 radical (unpaired) electrons. The molecule has 1 aliphatic rings. The number of amides is 1. The summed E-state index contributed by atoms with van der Waals surface area (Å²) in [6.07, 6.45) is 4.90. The summed E-state index contributed by atoms with van der Waals surface area (Å²) in [5.41, 5.74) is 0. The normalized spacial score (nSPS) is 17.7. The minimum Gasteiger partial charge on any atom is -0.481 e. The summed E-state index contributed by atoms with van der Waals surface area (Å²) >= 11 is 0. The molecule has 1 aliphatic carbocycles. The first kappa shape index (κ1) is 15.4. The van der Waals surface area contributed by atoms with Crippen molar-refractivity contribution in [3.05, 3.63) is 0 Å². The van der Waals surface area contributed by atoms with E-state index in [4.69, 9.17) is 10.2 Å². The molecule has 0 bridgehead atoms. The number of hydrogen-bond acceptors (Lipinski definition) is 4. The first-order valence-electron chi connectivity index (χ1n) is 6.46. The number of hydrogen-bond donors (Lipinski definition) is 4. The molecular formula is C12H20N2O5. The van der Waals surface area contributed by atoms with Gasteiger partial charge in [0.15, 0.2) is 0 Å². The highest BCUT2D eigenvalue weighted by molar-refractivity contribution is 5.87. The second-order valence-electron chi connectivity index (χ2n) is 4.77. The maximum Gasteiger partial charge on any atom is 0.326 e. The predicted octanol–water partition coefficient (Wildman–Crippen LogP) is -0.0472. The molecule has 0 heterocycles. The maximum atomic E-state index is 11.6. The Kier molecular flexibility index (Phi) is 6.27. The quantitative estimate of drug-likeness (QED) is 0.516. The van der Waals surface area contributed by atoms with Gasteiger partial charge in [-0.15, -0.1) is 0 Å². The van der Waals surface area contributed by atoms with E-state index in [1.165, 1.54) is 6.42 Å². The standard InChI is InChI=1S/C12H20N2O5/c15-10(7-13-8-4-2-1-3-5-8)14-9(12(18)19)6-11(16)17/h8-9,13H,1-7H2,(H,14,15)(H,16,17)(H,18,19)/t9-/m1/s1. The Morgan fingerprint density at radius 1 is 1.11 bits per heavy atom. The van der Waals surface area contributed by atoms with E-state index in [0.717, 1.165) is 25.7 Å². The molecule has 108 valence electrons. The monoisotopic (exact) mass is 272 g/mol. The fourth-order valence-electron chi connectivity index (χ4n) is 2.16. The molecule has 0 aromatic rings. The summed E-state index contributed by atoms with van der Waals surface area (Å²) in [7, 11) is 0. The molecule has 1 fully saturated rings. The molecule has 0 aliphatic heterocycles. The molecule has 7 nitrogen and oxygen atoms in total. The van der Waals surface area contributed by atoms with Gasteiger partial charge in [-0.05, 0) is 12.8 Å². The highest BCUT2D eigenvalue weighted by Gasteiger charge is 2.23.